The van der Waals surface area contributed by atoms with E-state index >= 15 is 0 Å². The number of aliphatic hydroxyl groups excluding tert-OH is 1. The molecule has 1 atom stereocenters. The lowest BCUT2D eigenvalue weighted by Gasteiger charge is -2.16. The van der Waals surface area contributed by atoms with Crippen LogP contribution >= 0.6 is 11.6 Å². The van der Waals surface area contributed by atoms with Crippen molar-refractivity contribution in [2.24, 2.45) is 4.99 Å². The van der Waals surface area contributed by atoms with E-state index in [4.69, 9.17) is 11.6 Å². The maximum atomic E-state index is 9.39. The molecule has 0 saturated carbocycles. The van der Waals surface area contributed by atoms with Crippen molar-refractivity contribution in [3.63, 3.8) is 0 Å². The molecular weight excluding hydrogens is 176 g/mol. The van der Waals surface area contributed by atoms with E-state index in [-0.39, 0.29) is 0 Å². The van der Waals surface area contributed by atoms with Gasteiger partial charge in [0.25, 0.3) is 0 Å². The van der Waals surface area contributed by atoms with Gasteiger partial charge < -0.3 is 10.4 Å². The highest BCUT2D eigenvalue weighted by Gasteiger charge is 2.13. The normalized spacial score (nSPS) is 20.0. The van der Waals surface area contributed by atoms with Crippen LogP contribution in [-0.2, 0) is 0 Å². The Kier molecular flexibility index (Phi) is 1.75. The van der Waals surface area contributed by atoms with Gasteiger partial charge in [0.05, 0.1) is 6.34 Å². The minimum absolute atomic E-state index is 0.603. The van der Waals surface area contributed by atoms with Gasteiger partial charge in [-0.3, -0.25) is 0 Å². The summed E-state index contributed by atoms with van der Waals surface area (Å²) in [6.45, 7) is 0. The number of hydrogen-bond donors (Lipinski definition) is 2. The summed E-state index contributed by atoms with van der Waals surface area (Å²) in [5, 5.41) is 12.9. The number of halogens is 1. The summed E-state index contributed by atoms with van der Waals surface area (Å²) in [6.07, 6.45) is 0.681. The molecule has 1 aliphatic heterocycles. The van der Waals surface area contributed by atoms with Gasteiger partial charge in [-0.25, -0.2) is 4.99 Å². The molecule has 0 aliphatic carbocycles. The lowest BCUT2D eigenvalue weighted by atomic mass is 10.1. The van der Waals surface area contributed by atoms with E-state index in [1.165, 1.54) is 6.34 Å². The van der Waals surface area contributed by atoms with Crippen molar-refractivity contribution in [2.75, 3.05) is 5.32 Å². The molecule has 3 nitrogen and oxygen atoms in total. The van der Waals surface area contributed by atoms with Crippen LogP contribution in [0.1, 0.15) is 11.8 Å². The van der Waals surface area contributed by atoms with E-state index in [9.17, 15) is 5.11 Å². The zero-order valence-corrected chi connectivity index (χ0v) is 6.92. The van der Waals surface area contributed by atoms with Crippen LogP contribution in [0.5, 0.6) is 0 Å². The maximum absolute atomic E-state index is 9.39. The van der Waals surface area contributed by atoms with Gasteiger partial charge in [-0.1, -0.05) is 11.6 Å². The van der Waals surface area contributed by atoms with E-state index in [2.05, 4.69) is 10.3 Å². The molecule has 0 radical (unpaired) electrons. The molecule has 62 valence electrons. The first-order chi connectivity index (χ1) is 5.77. The molecule has 1 unspecified atom stereocenters. The number of rotatable bonds is 0. The first-order valence-electron chi connectivity index (χ1n) is 3.53. The first-order valence-corrected chi connectivity index (χ1v) is 3.91. The molecule has 0 bridgehead atoms. The van der Waals surface area contributed by atoms with Crippen LogP contribution in [0.2, 0.25) is 5.02 Å². The summed E-state index contributed by atoms with van der Waals surface area (Å²) in [4.78, 5) is 3.77. The fourth-order valence-electron chi connectivity index (χ4n) is 1.14. The first kappa shape index (κ1) is 7.58. The van der Waals surface area contributed by atoms with Crippen LogP contribution in [0.4, 0.5) is 5.69 Å². The van der Waals surface area contributed by atoms with Crippen molar-refractivity contribution >= 4 is 23.6 Å². The van der Waals surface area contributed by atoms with Gasteiger partial charge in [0.15, 0.2) is 6.23 Å². The third-order valence-corrected chi connectivity index (χ3v) is 1.96. The molecule has 0 spiro atoms. The van der Waals surface area contributed by atoms with Crippen molar-refractivity contribution in [2.45, 2.75) is 6.23 Å². The quantitative estimate of drug-likeness (QED) is 0.643. The SMILES string of the molecule is OC1N=CNc2ccc(Cl)cc21. The van der Waals surface area contributed by atoms with Gasteiger partial charge in [-0.15, -0.1) is 0 Å². The summed E-state index contributed by atoms with van der Waals surface area (Å²) in [7, 11) is 0. The lowest BCUT2D eigenvalue weighted by Crippen LogP contribution is -2.09. The number of benzene rings is 1. The topological polar surface area (TPSA) is 44.6 Å². The van der Waals surface area contributed by atoms with E-state index in [0.717, 1.165) is 5.69 Å². The summed E-state index contributed by atoms with van der Waals surface area (Å²) in [6, 6.07) is 5.27. The monoisotopic (exact) mass is 182 g/mol. The standard InChI is InChI=1S/C8H7ClN2O/c9-5-1-2-7-6(3-5)8(12)11-4-10-7/h1-4,8,12H,(H,10,11). The Bertz CT molecular complexity index is 338. The van der Waals surface area contributed by atoms with Gasteiger partial charge >= 0.3 is 0 Å². The van der Waals surface area contributed by atoms with Crippen LogP contribution in [0, 0.1) is 0 Å². The van der Waals surface area contributed by atoms with Crippen LogP contribution in [0.3, 0.4) is 0 Å². The highest BCUT2D eigenvalue weighted by Crippen LogP contribution is 2.28. The molecule has 1 aromatic rings. The van der Waals surface area contributed by atoms with Crippen LogP contribution in [-0.4, -0.2) is 11.4 Å². The maximum Gasteiger partial charge on any atom is 0.175 e. The molecule has 4 heteroatoms. The van der Waals surface area contributed by atoms with E-state index in [1.54, 1.807) is 12.1 Å². The number of nitrogens with zero attached hydrogens (tertiary/aromatic N) is 1. The summed E-state index contributed by atoms with van der Waals surface area (Å²) >= 11 is 5.75. The van der Waals surface area contributed by atoms with Gasteiger partial charge in [0.1, 0.15) is 0 Å². The summed E-state index contributed by atoms with van der Waals surface area (Å²) in [5.74, 6) is 0. The van der Waals surface area contributed by atoms with Crippen LogP contribution < -0.4 is 5.32 Å². The van der Waals surface area contributed by atoms with Gasteiger partial charge in [0, 0.05) is 16.3 Å². The fourth-order valence-corrected chi connectivity index (χ4v) is 1.32. The number of hydrogen-bond acceptors (Lipinski definition) is 3. The third kappa shape index (κ3) is 1.17. The molecule has 0 fully saturated rings. The highest BCUT2D eigenvalue weighted by molar-refractivity contribution is 6.30. The molecule has 0 saturated heterocycles. The summed E-state index contributed by atoms with van der Waals surface area (Å²) in [5.41, 5.74) is 1.56. The van der Waals surface area contributed by atoms with Gasteiger partial charge in [-0.05, 0) is 18.2 Å². The largest absolute Gasteiger partial charge is 0.368 e. The van der Waals surface area contributed by atoms with E-state index < -0.39 is 6.23 Å². The average molecular weight is 183 g/mol. The Labute approximate surface area is 74.7 Å². The molecule has 0 amide bonds. The number of fused-ring (bicyclic) bond motifs is 1. The average Bonchev–Trinajstić information content (AvgIpc) is 2.07. The molecule has 2 N–H and O–H groups in total. The van der Waals surface area contributed by atoms with Gasteiger partial charge in [0.2, 0.25) is 0 Å². The number of anilines is 1. The Balaban J connectivity index is 2.52. The Hall–Kier alpha value is -1.06. The molecule has 12 heavy (non-hydrogen) atoms. The van der Waals surface area contributed by atoms with Crippen molar-refractivity contribution in [3.05, 3.63) is 28.8 Å². The van der Waals surface area contributed by atoms with E-state index in [0.29, 0.717) is 10.6 Å². The summed E-state index contributed by atoms with van der Waals surface area (Å²) < 4.78 is 0. The second-order valence-corrected chi connectivity index (χ2v) is 2.96. The number of aliphatic imine (C=N–C) groups is 1. The number of nitrogens with one attached hydrogen (secondary N) is 1. The Morgan fingerprint density at radius 3 is 3.17 bits per heavy atom. The van der Waals surface area contributed by atoms with Crippen LogP contribution in [0.15, 0.2) is 23.2 Å². The second kappa shape index (κ2) is 2.77. The van der Waals surface area contributed by atoms with Crippen molar-refractivity contribution in [1.29, 1.82) is 0 Å². The van der Waals surface area contributed by atoms with Crippen LogP contribution in [0.25, 0.3) is 0 Å². The molecule has 1 aromatic carbocycles. The molecule has 0 aromatic heterocycles. The van der Waals surface area contributed by atoms with E-state index in [1.807, 2.05) is 6.07 Å². The minimum Gasteiger partial charge on any atom is -0.368 e. The number of aliphatic hydroxyl groups is 1. The van der Waals surface area contributed by atoms with Crippen molar-refractivity contribution < 1.29 is 5.11 Å². The molecule has 2 rings (SSSR count). The smallest absolute Gasteiger partial charge is 0.175 e. The minimum atomic E-state index is -0.792. The Morgan fingerprint density at radius 1 is 1.50 bits per heavy atom. The molecule has 1 heterocycles. The highest BCUT2D eigenvalue weighted by atomic mass is 35.5. The zero-order chi connectivity index (χ0) is 8.55. The lowest BCUT2D eigenvalue weighted by molar-refractivity contribution is 0.189. The predicted octanol–water partition coefficient (Wildman–Crippen LogP) is 1.78. The van der Waals surface area contributed by atoms with Gasteiger partial charge in [-0.2, -0.15) is 0 Å². The van der Waals surface area contributed by atoms with Crippen molar-refractivity contribution in [1.82, 2.24) is 0 Å². The second-order valence-electron chi connectivity index (χ2n) is 2.53. The molecule has 1 aliphatic rings. The molecular formula is C8H7ClN2O. The zero-order valence-electron chi connectivity index (χ0n) is 6.16. The van der Waals surface area contributed by atoms with Crippen molar-refractivity contribution in [3.8, 4) is 0 Å². The fraction of sp³-hybridized carbons (Fsp3) is 0.125. The predicted molar refractivity (Wildman–Crippen MR) is 48.5 cm³/mol. The third-order valence-electron chi connectivity index (χ3n) is 1.73. The Morgan fingerprint density at radius 2 is 2.33 bits per heavy atom.